The van der Waals surface area contributed by atoms with Crippen molar-refractivity contribution in [2.24, 2.45) is 5.14 Å². The molecule has 0 heterocycles. The lowest BCUT2D eigenvalue weighted by Crippen LogP contribution is -2.38. The Balaban J connectivity index is 2.97. The maximum absolute atomic E-state index is 12.1. The maximum Gasteiger partial charge on any atom is 0.251 e. The third-order valence-corrected chi connectivity index (χ3v) is 4.23. The van der Waals surface area contributed by atoms with E-state index < -0.39 is 15.9 Å². The number of hydrogen-bond donors (Lipinski definition) is 2. The normalized spacial score (nSPS) is 13.0. The topological polar surface area (TPSA) is 98.5 Å². The minimum atomic E-state index is -3.98. The molecule has 1 aromatic carbocycles. The van der Waals surface area contributed by atoms with Crippen molar-refractivity contribution >= 4 is 27.5 Å². The quantitative estimate of drug-likeness (QED) is 0.790. The van der Waals surface area contributed by atoms with Gasteiger partial charge < -0.3 is 10.1 Å². The molecule has 0 radical (unpaired) electrons. The van der Waals surface area contributed by atoms with Gasteiger partial charge in [0, 0.05) is 12.7 Å². The number of benzene rings is 1. The standard InChI is InChI=1S/C13H19ClN2O4S/c1-3-4-10(8-20-2)16-13(17)9-5-6-11(14)12(7-9)21(15,18)19/h5-7,10H,3-4,8H2,1-2H3,(H,16,17)(H2,15,18,19). The highest BCUT2D eigenvalue weighted by Crippen LogP contribution is 2.21. The molecule has 3 N–H and O–H groups in total. The highest BCUT2D eigenvalue weighted by atomic mass is 35.5. The molecule has 8 heteroatoms. The van der Waals surface area contributed by atoms with E-state index in [1.807, 2.05) is 6.92 Å². The van der Waals surface area contributed by atoms with Crippen LogP contribution < -0.4 is 10.5 Å². The lowest BCUT2D eigenvalue weighted by atomic mass is 10.1. The van der Waals surface area contributed by atoms with Gasteiger partial charge in [-0.15, -0.1) is 0 Å². The smallest absolute Gasteiger partial charge is 0.251 e. The van der Waals surface area contributed by atoms with Crippen LogP contribution in [0.25, 0.3) is 0 Å². The van der Waals surface area contributed by atoms with Gasteiger partial charge in [-0.2, -0.15) is 0 Å². The number of nitrogens with two attached hydrogens (primary N) is 1. The monoisotopic (exact) mass is 334 g/mol. The minimum absolute atomic E-state index is 0.0175. The van der Waals surface area contributed by atoms with E-state index in [0.29, 0.717) is 6.61 Å². The van der Waals surface area contributed by atoms with Crippen LogP contribution in [0.5, 0.6) is 0 Å². The number of sulfonamides is 1. The second kappa shape index (κ2) is 7.74. The van der Waals surface area contributed by atoms with Crippen molar-refractivity contribution in [2.75, 3.05) is 13.7 Å². The second-order valence-corrected chi connectivity index (χ2v) is 6.54. The van der Waals surface area contributed by atoms with Gasteiger partial charge in [0.05, 0.1) is 17.7 Å². The van der Waals surface area contributed by atoms with Crippen molar-refractivity contribution in [3.63, 3.8) is 0 Å². The van der Waals surface area contributed by atoms with E-state index in [1.165, 1.54) is 18.2 Å². The number of nitrogens with one attached hydrogen (secondary N) is 1. The molecule has 118 valence electrons. The SMILES string of the molecule is CCCC(COC)NC(=O)c1ccc(Cl)c(S(N)(=O)=O)c1. The summed E-state index contributed by atoms with van der Waals surface area (Å²) in [5.74, 6) is -0.396. The molecule has 21 heavy (non-hydrogen) atoms. The van der Waals surface area contributed by atoms with E-state index in [2.05, 4.69) is 5.32 Å². The van der Waals surface area contributed by atoms with Crippen molar-refractivity contribution in [2.45, 2.75) is 30.7 Å². The predicted molar refractivity (Wildman–Crippen MR) is 80.9 cm³/mol. The van der Waals surface area contributed by atoms with Crippen LogP contribution in [0.1, 0.15) is 30.1 Å². The average Bonchev–Trinajstić information content (AvgIpc) is 2.38. The molecule has 1 rings (SSSR count). The Morgan fingerprint density at radius 2 is 2.14 bits per heavy atom. The third-order valence-electron chi connectivity index (χ3n) is 2.84. The number of ether oxygens (including phenoxy) is 1. The first-order valence-corrected chi connectivity index (χ1v) is 8.34. The van der Waals surface area contributed by atoms with Crippen molar-refractivity contribution in [3.8, 4) is 0 Å². The average molecular weight is 335 g/mol. The van der Waals surface area contributed by atoms with Crippen LogP contribution in [-0.4, -0.2) is 34.1 Å². The summed E-state index contributed by atoms with van der Waals surface area (Å²) in [6.45, 7) is 2.38. The molecule has 0 aliphatic rings. The van der Waals surface area contributed by atoms with Crippen LogP contribution in [-0.2, 0) is 14.8 Å². The lowest BCUT2D eigenvalue weighted by Gasteiger charge is -2.17. The lowest BCUT2D eigenvalue weighted by molar-refractivity contribution is 0.0891. The van der Waals surface area contributed by atoms with Gasteiger partial charge >= 0.3 is 0 Å². The maximum atomic E-state index is 12.1. The Kier molecular flexibility index (Phi) is 6.60. The molecule has 1 atom stereocenters. The van der Waals surface area contributed by atoms with E-state index in [9.17, 15) is 13.2 Å². The fraction of sp³-hybridized carbons (Fsp3) is 0.462. The number of methoxy groups -OCH3 is 1. The van der Waals surface area contributed by atoms with Gasteiger partial charge in [0.1, 0.15) is 4.90 Å². The van der Waals surface area contributed by atoms with Gasteiger partial charge in [0.15, 0.2) is 0 Å². The molecule has 0 fully saturated rings. The zero-order valence-corrected chi connectivity index (χ0v) is 13.5. The summed E-state index contributed by atoms with van der Waals surface area (Å²) in [5.41, 5.74) is 0.181. The van der Waals surface area contributed by atoms with Gasteiger partial charge in [-0.05, 0) is 24.6 Å². The number of carbonyl (C=O) groups is 1. The van der Waals surface area contributed by atoms with E-state index in [1.54, 1.807) is 7.11 Å². The Bertz CT molecular complexity index is 598. The molecule has 0 aromatic heterocycles. The molecule has 0 saturated heterocycles. The van der Waals surface area contributed by atoms with Gasteiger partial charge in [0.2, 0.25) is 10.0 Å². The second-order valence-electron chi connectivity index (χ2n) is 4.60. The van der Waals surface area contributed by atoms with Crippen molar-refractivity contribution in [1.29, 1.82) is 0 Å². The number of halogens is 1. The van der Waals surface area contributed by atoms with Crippen LogP contribution in [0.3, 0.4) is 0 Å². The summed E-state index contributed by atoms with van der Waals surface area (Å²) in [4.78, 5) is 11.9. The van der Waals surface area contributed by atoms with Crippen molar-refractivity contribution < 1.29 is 17.9 Å². The van der Waals surface area contributed by atoms with Crippen molar-refractivity contribution in [3.05, 3.63) is 28.8 Å². The predicted octanol–water partition coefficient (Wildman–Crippen LogP) is 1.53. The first-order valence-electron chi connectivity index (χ1n) is 6.41. The number of hydrogen-bond acceptors (Lipinski definition) is 4. The Morgan fingerprint density at radius 3 is 2.67 bits per heavy atom. The fourth-order valence-corrected chi connectivity index (χ4v) is 2.95. The van der Waals surface area contributed by atoms with Gasteiger partial charge in [-0.3, -0.25) is 4.79 Å². The molecular formula is C13H19ClN2O4S. The highest BCUT2D eigenvalue weighted by molar-refractivity contribution is 7.89. The molecule has 0 saturated carbocycles. The first-order chi connectivity index (χ1) is 9.79. The number of amides is 1. The van der Waals surface area contributed by atoms with Gasteiger partial charge in [-0.25, -0.2) is 13.6 Å². The Morgan fingerprint density at radius 1 is 1.48 bits per heavy atom. The van der Waals surface area contributed by atoms with E-state index >= 15 is 0 Å². The highest BCUT2D eigenvalue weighted by Gasteiger charge is 2.18. The van der Waals surface area contributed by atoms with E-state index in [0.717, 1.165) is 12.8 Å². The Labute approximate surface area is 129 Å². The van der Waals surface area contributed by atoms with Crippen LogP contribution in [0.4, 0.5) is 0 Å². The van der Waals surface area contributed by atoms with Crippen LogP contribution in [0, 0.1) is 0 Å². The van der Waals surface area contributed by atoms with Crippen LogP contribution in [0.15, 0.2) is 23.1 Å². The molecule has 0 aliphatic carbocycles. The zero-order valence-electron chi connectivity index (χ0n) is 11.9. The molecule has 1 aromatic rings. The Hall–Kier alpha value is -1.15. The molecule has 0 spiro atoms. The fourth-order valence-electron chi connectivity index (χ4n) is 1.88. The summed E-state index contributed by atoms with van der Waals surface area (Å²) < 4.78 is 27.8. The molecule has 1 amide bonds. The minimum Gasteiger partial charge on any atom is -0.383 e. The third kappa shape index (κ3) is 5.28. The summed E-state index contributed by atoms with van der Waals surface area (Å²) in [5, 5.41) is 7.83. The van der Waals surface area contributed by atoms with Crippen LogP contribution in [0.2, 0.25) is 5.02 Å². The largest absolute Gasteiger partial charge is 0.383 e. The summed E-state index contributed by atoms with van der Waals surface area (Å²) in [7, 11) is -2.42. The van der Waals surface area contributed by atoms with Gasteiger partial charge in [-0.1, -0.05) is 24.9 Å². The summed E-state index contributed by atoms with van der Waals surface area (Å²) >= 11 is 5.78. The molecule has 1 unspecified atom stereocenters. The molecule has 6 nitrogen and oxygen atoms in total. The van der Waals surface area contributed by atoms with Crippen LogP contribution >= 0.6 is 11.6 Å². The molecule has 0 aliphatic heterocycles. The molecular weight excluding hydrogens is 316 g/mol. The zero-order chi connectivity index (χ0) is 16.0. The van der Waals surface area contributed by atoms with Gasteiger partial charge in [0.25, 0.3) is 5.91 Å². The number of carbonyl (C=O) groups excluding carboxylic acids is 1. The number of rotatable bonds is 7. The van der Waals surface area contributed by atoms with E-state index in [4.69, 9.17) is 21.5 Å². The van der Waals surface area contributed by atoms with E-state index in [-0.39, 0.29) is 21.5 Å². The number of primary sulfonamides is 1. The summed E-state index contributed by atoms with van der Waals surface area (Å²) in [6, 6.07) is 3.81. The molecule has 0 bridgehead atoms. The first kappa shape index (κ1) is 17.9. The van der Waals surface area contributed by atoms with Crippen molar-refractivity contribution in [1.82, 2.24) is 5.32 Å². The summed E-state index contributed by atoms with van der Waals surface area (Å²) in [6.07, 6.45) is 1.65.